The highest BCUT2D eigenvalue weighted by atomic mass is 35.5. The van der Waals surface area contributed by atoms with E-state index in [1.807, 2.05) is 6.07 Å². The van der Waals surface area contributed by atoms with Crippen LogP contribution in [0.25, 0.3) is 0 Å². The molecule has 0 heterocycles. The lowest BCUT2D eigenvalue weighted by molar-refractivity contribution is -0.120. The van der Waals surface area contributed by atoms with E-state index in [-0.39, 0.29) is 12.5 Å². The molecule has 0 aromatic heterocycles. The third-order valence-corrected chi connectivity index (χ3v) is 3.57. The highest BCUT2D eigenvalue weighted by Crippen LogP contribution is 2.22. The quantitative estimate of drug-likeness (QED) is 0.898. The molecule has 0 spiro atoms. The van der Waals surface area contributed by atoms with Crippen LogP contribution in [-0.4, -0.2) is 18.4 Å². The average Bonchev–Trinajstić information content (AvgIpc) is 2.51. The maximum absolute atomic E-state index is 12.2. The molecule has 2 aromatic rings. The Hall–Kier alpha value is -2.55. The monoisotopic (exact) mass is 361 g/mol. The van der Waals surface area contributed by atoms with Crippen molar-refractivity contribution in [3.05, 3.63) is 58.1 Å². The maximum atomic E-state index is 12.2. The fourth-order valence-electron chi connectivity index (χ4n) is 2.07. The van der Waals surface area contributed by atoms with Crippen LogP contribution in [0.4, 0.5) is 11.4 Å². The predicted molar refractivity (Wildman–Crippen MR) is 94.3 cm³/mol. The molecule has 7 heteroatoms. The molecule has 0 unspecified atom stereocenters. The molecule has 2 aromatic carbocycles. The smallest absolute Gasteiger partial charge is 0.244 e. The number of amides is 2. The van der Waals surface area contributed by atoms with Crippen molar-refractivity contribution in [3.63, 3.8) is 0 Å². The summed E-state index contributed by atoms with van der Waals surface area (Å²) in [6, 6.07) is 13.1. The Bertz CT molecular complexity index is 793. The molecular weight excluding hydrogens is 349 g/mol. The van der Waals surface area contributed by atoms with E-state index in [0.717, 1.165) is 0 Å². The lowest BCUT2D eigenvalue weighted by Crippen LogP contribution is -2.36. The van der Waals surface area contributed by atoms with Crippen LogP contribution in [0.5, 0.6) is 0 Å². The number of carbonyl (C=O) groups is 2. The molecule has 122 valence electrons. The minimum Gasteiger partial charge on any atom is -0.324 e. The van der Waals surface area contributed by atoms with Crippen molar-refractivity contribution in [1.82, 2.24) is 0 Å². The molecule has 0 radical (unpaired) electrons. The largest absolute Gasteiger partial charge is 0.324 e. The van der Waals surface area contributed by atoms with Gasteiger partial charge < -0.3 is 10.2 Å². The van der Waals surface area contributed by atoms with Crippen molar-refractivity contribution in [2.45, 2.75) is 6.92 Å². The van der Waals surface area contributed by atoms with Gasteiger partial charge >= 0.3 is 0 Å². The minimum absolute atomic E-state index is 0.175. The third-order valence-electron chi connectivity index (χ3n) is 3.14. The molecule has 24 heavy (non-hydrogen) atoms. The van der Waals surface area contributed by atoms with Crippen LogP contribution in [0, 0.1) is 11.3 Å². The highest BCUT2D eigenvalue weighted by molar-refractivity contribution is 6.35. The SMILES string of the molecule is CC(=O)N(CC(=O)Nc1cc(Cl)cc(Cl)c1)c1ccc(C#N)cc1. The molecule has 0 aliphatic rings. The highest BCUT2D eigenvalue weighted by Gasteiger charge is 2.16. The van der Waals surface area contributed by atoms with Crippen molar-refractivity contribution in [1.29, 1.82) is 5.26 Å². The Morgan fingerprint density at radius 3 is 2.21 bits per heavy atom. The van der Waals surface area contributed by atoms with Crippen LogP contribution in [0.1, 0.15) is 12.5 Å². The maximum Gasteiger partial charge on any atom is 0.244 e. The number of nitriles is 1. The van der Waals surface area contributed by atoms with Crippen molar-refractivity contribution in [2.24, 2.45) is 0 Å². The summed E-state index contributed by atoms with van der Waals surface area (Å²) in [5.41, 5.74) is 1.45. The normalized spacial score (nSPS) is 9.92. The predicted octanol–water partition coefficient (Wildman–Crippen LogP) is 3.86. The molecule has 0 saturated heterocycles. The topological polar surface area (TPSA) is 73.2 Å². The van der Waals surface area contributed by atoms with Gasteiger partial charge in [-0.25, -0.2) is 0 Å². The second-order valence-corrected chi connectivity index (χ2v) is 5.84. The molecule has 0 aliphatic carbocycles. The zero-order valence-corrected chi connectivity index (χ0v) is 14.2. The van der Waals surface area contributed by atoms with Crippen LogP contribution in [0.3, 0.4) is 0 Å². The van der Waals surface area contributed by atoms with E-state index in [4.69, 9.17) is 28.5 Å². The van der Waals surface area contributed by atoms with Crippen LogP contribution < -0.4 is 10.2 Å². The number of halogens is 2. The Balaban J connectivity index is 2.13. The fourth-order valence-corrected chi connectivity index (χ4v) is 2.60. The van der Waals surface area contributed by atoms with Gasteiger partial charge in [-0.15, -0.1) is 0 Å². The molecule has 2 rings (SSSR count). The number of hydrogen-bond acceptors (Lipinski definition) is 3. The van der Waals surface area contributed by atoms with Gasteiger partial charge in [-0.3, -0.25) is 9.59 Å². The molecule has 2 amide bonds. The van der Waals surface area contributed by atoms with Gasteiger partial charge in [0.1, 0.15) is 6.54 Å². The van der Waals surface area contributed by atoms with E-state index in [9.17, 15) is 9.59 Å². The third kappa shape index (κ3) is 4.72. The molecule has 0 atom stereocenters. The molecule has 0 saturated carbocycles. The van der Waals surface area contributed by atoms with Gasteiger partial charge in [0.2, 0.25) is 11.8 Å². The summed E-state index contributed by atoms with van der Waals surface area (Å²) in [6.07, 6.45) is 0. The van der Waals surface area contributed by atoms with E-state index in [0.29, 0.717) is 27.0 Å². The van der Waals surface area contributed by atoms with E-state index in [2.05, 4.69) is 5.32 Å². The molecule has 1 N–H and O–H groups in total. The van der Waals surface area contributed by atoms with E-state index in [1.54, 1.807) is 42.5 Å². The average molecular weight is 362 g/mol. The number of hydrogen-bond donors (Lipinski definition) is 1. The minimum atomic E-state index is -0.395. The summed E-state index contributed by atoms with van der Waals surface area (Å²) < 4.78 is 0. The summed E-state index contributed by atoms with van der Waals surface area (Å²) in [7, 11) is 0. The number of rotatable bonds is 4. The van der Waals surface area contributed by atoms with E-state index in [1.165, 1.54) is 11.8 Å². The first-order valence-electron chi connectivity index (χ1n) is 6.93. The molecule has 0 fully saturated rings. The van der Waals surface area contributed by atoms with Crippen LogP contribution in [-0.2, 0) is 9.59 Å². The van der Waals surface area contributed by atoms with Gasteiger partial charge in [-0.2, -0.15) is 5.26 Å². The van der Waals surface area contributed by atoms with E-state index >= 15 is 0 Å². The van der Waals surface area contributed by atoms with Gasteiger partial charge in [0.05, 0.1) is 11.6 Å². The van der Waals surface area contributed by atoms with Gasteiger partial charge in [0, 0.05) is 28.3 Å². The standard InChI is InChI=1S/C17H13Cl2N3O2/c1-11(23)22(16-4-2-12(9-20)3-5-16)10-17(24)21-15-7-13(18)6-14(19)8-15/h2-8H,10H2,1H3,(H,21,24). The number of benzene rings is 2. The lowest BCUT2D eigenvalue weighted by atomic mass is 10.2. The Kier molecular flexibility index (Phi) is 5.80. The van der Waals surface area contributed by atoms with E-state index < -0.39 is 5.91 Å². The summed E-state index contributed by atoms with van der Waals surface area (Å²) >= 11 is 11.8. The summed E-state index contributed by atoms with van der Waals surface area (Å²) in [5.74, 6) is -0.688. The Morgan fingerprint density at radius 1 is 1.12 bits per heavy atom. The van der Waals surface area contributed by atoms with Crippen LogP contribution in [0.2, 0.25) is 10.0 Å². The number of carbonyl (C=O) groups excluding carboxylic acids is 2. The zero-order chi connectivity index (χ0) is 17.7. The van der Waals surface area contributed by atoms with Crippen LogP contribution >= 0.6 is 23.2 Å². The number of nitrogens with one attached hydrogen (secondary N) is 1. The first-order valence-corrected chi connectivity index (χ1v) is 7.69. The molecule has 0 bridgehead atoms. The second kappa shape index (κ2) is 7.82. The number of anilines is 2. The first-order chi connectivity index (χ1) is 11.4. The number of nitrogens with zero attached hydrogens (tertiary/aromatic N) is 2. The van der Waals surface area contributed by atoms with Crippen molar-refractivity contribution in [2.75, 3.05) is 16.8 Å². The Labute approximate surface area is 149 Å². The van der Waals surface area contributed by atoms with Gasteiger partial charge in [0.25, 0.3) is 0 Å². The lowest BCUT2D eigenvalue weighted by Gasteiger charge is -2.20. The van der Waals surface area contributed by atoms with Crippen molar-refractivity contribution < 1.29 is 9.59 Å². The van der Waals surface area contributed by atoms with Crippen molar-refractivity contribution >= 4 is 46.4 Å². The summed E-state index contributed by atoms with van der Waals surface area (Å²) in [4.78, 5) is 25.3. The molecular formula is C17H13Cl2N3O2. The Morgan fingerprint density at radius 2 is 1.71 bits per heavy atom. The molecule has 0 aliphatic heterocycles. The second-order valence-electron chi connectivity index (χ2n) is 4.97. The van der Waals surface area contributed by atoms with Gasteiger partial charge in [-0.05, 0) is 42.5 Å². The molecule has 5 nitrogen and oxygen atoms in total. The van der Waals surface area contributed by atoms with Gasteiger partial charge in [-0.1, -0.05) is 23.2 Å². The summed E-state index contributed by atoms with van der Waals surface area (Å²) in [6.45, 7) is 1.19. The first kappa shape index (κ1) is 17.8. The zero-order valence-electron chi connectivity index (χ0n) is 12.7. The summed E-state index contributed by atoms with van der Waals surface area (Å²) in [5, 5.41) is 12.3. The van der Waals surface area contributed by atoms with Crippen molar-refractivity contribution in [3.8, 4) is 6.07 Å². The fraction of sp³-hybridized carbons (Fsp3) is 0.118. The van der Waals surface area contributed by atoms with Crippen LogP contribution in [0.15, 0.2) is 42.5 Å². The van der Waals surface area contributed by atoms with Gasteiger partial charge in [0.15, 0.2) is 0 Å².